The van der Waals surface area contributed by atoms with E-state index in [-0.39, 0.29) is 0 Å². The number of benzene rings is 10. The van der Waals surface area contributed by atoms with Crippen molar-refractivity contribution in [3.05, 3.63) is 243 Å². The lowest BCUT2D eigenvalue weighted by Gasteiger charge is -2.28. The van der Waals surface area contributed by atoms with Crippen molar-refractivity contribution >= 4 is 49.6 Å². The Morgan fingerprint density at radius 3 is 1.37 bits per heavy atom. The zero-order valence-electron chi connectivity index (χ0n) is 33.0. The average molecular weight is 765 g/mol. The molecule has 0 atom stereocenters. The highest BCUT2D eigenvalue weighted by Crippen LogP contribution is 2.45. The molecule has 0 N–H and O–H groups in total. The first-order valence-corrected chi connectivity index (χ1v) is 20.6. The second kappa shape index (κ2) is 15.1. The summed E-state index contributed by atoms with van der Waals surface area (Å²) in [5.41, 5.74) is 16.4. The Bertz CT molecular complexity index is 3240. The lowest BCUT2D eigenvalue weighted by Crippen LogP contribution is -2.11. The summed E-state index contributed by atoms with van der Waals surface area (Å²) in [5, 5.41) is 4.89. The van der Waals surface area contributed by atoms with Crippen LogP contribution in [0.4, 0.5) is 17.1 Å². The van der Waals surface area contributed by atoms with Gasteiger partial charge in [0.15, 0.2) is 0 Å². The van der Waals surface area contributed by atoms with Crippen LogP contribution in [-0.4, -0.2) is 4.57 Å². The summed E-state index contributed by atoms with van der Waals surface area (Å²) < 4.78 is 2.43. The highest BCUT2D eigenvalue weighted by molar-refractivity contribution is 6.11. The summed E-state index contributed by atoms with van der Waals surface area (Å²) in [6.45, 7) is 0. The molecule has 0 aliphatic heterocycles. The van der Waals surface area contributed by atoms with Gasteiger partial charge in [-0.05, 0) is 92.9 Å². The fraction of sp³-hybridized carbons (Fsp3) is 0. The van der Waals surface area contributed by atoms with E-state index in [1.54, 1.807) is 0 Å². The van der Waals surface area contributed by atoms with Crippen molar-refractivity contribution in [3.8, 4) is 50.2 Å². The summed E-state index contributed by atoms with van der Waals surface area (Å²) in [7, 11) is 0. The van der Waals surface area contributed by atoms with E-state index in [1.165, 1.54) is 77.1 Å². The quantitative estimate of drug-likeness (QED) is 0.150. The van der Waals surface area contributed by atoms with Crippen LogP contribution in [0.1, 0.15) is 0 Å². The van der Waals surface area contributed by atoms with Crippen LogP contribution >= 0.6 is 0 Å². The molecule has 11 aromatic rings. The fourth-order valence-electron chi connectivity index (χ4n) is 8.96. The van der Waals surface area contributed by atoms with E-state index in [9.17, 15) is 0 Å². The van der Waals surface area contributed by atoms with Gasteiger partial charge in [-0.2, -0.15) is 0 Å². The van der Waals surface area contributed by atoms with Crippen LogP contribution in [0.25, 0.3) is 82.8 Å². The monoisotopic (exact) mass is 764 g/mol. The van der Waals surface area contributed by atoms with Crippen molar-refractivity contribution < 1.29 is 0 Å². The maximum Gasteiger partial charge on any atom is 0.0541 e. The first-order chi connectivity index (χ1) is 29.8. The topological polar surface area (TPSA) is 8.17 Å². The predicted octanol–water partition coefficient (Wildman–Crippen LogP) is 16.1. The zero-order chi connectivity index (χ0) is 39.8. The largest absolute Gasteiger partial charge is 0.310 e. The Kier molecular flexibility index (Phi) is 8.87. The van der Waals surface area contributed by atoms with E-state index >= 15 is 0 Å². The van der Waals surface area contributed by atoms with E-state index in [1.807, 2.05) is 0 Å². The van der Waals surface area contributed by atoms with E-state index in [0.717, 1.165) is 22.7 Å². The molecular formula is C58H40N2. The lowest BCUT2D eigenvalue weighted by molar-refractivity contribution is 1.18. The van der Waals surface area contributed by atoms with Gasteiger partial charge in [0.2, 0.25) is 0 Å². The van der Waals surface area contributed by atoms with Crippen LogP contribution in [0.3, 0.4) is 0 Å². The smallest absolute Gasteiger partial charge is 0.0541 e. The zero-order valence-corrected chi connectivity index (χ0v) is 33.0. The molecule has 1 aromatic heterocycles. The Morgan fingerprint density at radius 1 is 0.267 bits per heavy atom. The Hall–Kier alpha value is -7.94. The second-order valence-corrected chi connectivity index (χ2v) is 15.3. The molecule has 10 aromatic carbocycles. The molecule has 2 heteroatoms. The third-order valence-electron chi connectivity index (χ3n) is 11.8. The van der Waals surface area contributed by atoms with Gasteiger partial charge in [-0.25, -0.2) is 0 Å². The van der Waals surface area contributed by atoms with Gasteiger partial charge in [0, 0.05) is 33.1 Å². The van der Waals surface area contributed by atoms with Crippen molar-refractivity contribution in [2.75, 3.05) is 4.90 Å². The van der Waals surface area contributed by atoms with Gasteiger partial charge in [0.25, 0.3) is 0 Å². The van der Waals surface area contributed by atoms with Gasteiger partial charge >= 0.3 is 0 Å². The third-order valence-corrected chi connectivity index (χ3v) is 11.8. The number of para-hydroxylation sites is 3. The molecule has 0 bridgehead atoms. The molecule has 2 nitrogen and oxygen atoms in total. The number of fused-ring (bicyclic) bond motifs is 4. The van der Waals surface area contributed by atoms with Gasteiger partial charge < -0.3 is 9.47 Å². The SMILES string of the molecule is c1ccc(-c2ccc(-c3ccc(N(c4cccc(-c5ccccc5)c4)c4ccc(-c5ccccc5-n5c6ccccc6c6ccccc65)c5ccccc45)cc3)cc2)cc1. The van der Waals surface area contributed by atoms with Crippen LogP contribution in [0.15, 0.2) is 243 Å². The number of rotatable bonds is 8. The summed E-state index contributed by atoms with van der Waals surface area (Å²) in [6.07, 6.45) is 0. The number of hydrogen-bond donors (Lipinski definition) is 0. The van der Waals surface area contributed by atoms with Crippen LogP contribution in [-0.2, 0) is 0 Å². The number of anilines is 3. The molecule has 0 fully saturated rings. The van der Waals surface area contributed by atoms with E-state index in [4.69, 9.17) is 0 Å². The Balaban J connectivity index is 1.06. The van der Waals surface area contributed by atoms with Gasteiger partial charge in [0.1, 0.15) is 0 Å². The maximum absolute atomic E-state index is 2.43. The van der Waals surface area contributed by atoms with Crippen LogP contribution < -0.4 is 4.90 Å². The molecule has 0 saturated carbocycles. The summed E-state index contributed by atoms with van der Waals surface area (Å²) in [4.78, 5) is 2.42. The molecule has 282 valence electrons. The van der Waals surface area contributed by atoms with Crippen molar-refractivity contribution in [2.45, 2.75) is 0 Å². The van der Waals surface area contributed by atoms with Crippen molar-refractivity contribution in [2.24, 2.45) is 0 Å². The third kappa shape index (κ3) is 6.23. The number of aromatic nitrogens is 1. The maximum atomic E-state index is 2.43. The fourth-order valence-corrected chi connectivity index (χ4v) is 8.96. The summed E-state index contributed by atoms with van der Waals surface area (Å²) in [6, 6.07) is 87.8. The van der Waals surface area contributed by atoms with E-state index in [0.29, 0.717) is 0 Å². The standard InChI is InChI=1S/C58H40N2/c1-3-16-41(17-4-1)43-30-32-44(33-31-43)45-34-36-47(37-35-45)59(48-21-15-20-46(40-48)42-18-5-2-6-19-42)58-39-38-50(49-22-7-8-23-51(49)58)52-24-9-12-27-55(52)60-56-28-13-10-25-53(56)54-26-11-14-29-57(54)60/h1-40H. The van der Waals surface area contributed by atoms with Crippen LogP contribution in [0, 0.1) is 0 Å². The van der Waals surface area contributed by atoms with Crippen molar-refractivity contribution in [1.82, 2.24) is 4.57 Å². The molecule has 11 rings (SSSR count). The summed E-state index contributed by atoms with van der Waals surface area (Å²) in [5.74, 6) is 0. The average Bonchev–Trinajstić information content (AvgIpc) is 3.67. The van der Waals surface area contributed by atoms with Gasteiger partial charge in [0.05, 0.1) is 22.4 Å². The normalized spacial score (nSPS) is 11.3. The lowest BCUT2D eigenvalue weighted by atomic mass is 9.94. The molecular weight excluding hydrogens is 725 g/mol. The first-order valence-electron chi connectivity index (χ1n) is 20.6. The molecule has 1 heterocycles. The van der Waals surface area contributed by atoms with Crippen molar-refractivity contribution in [1.29, 1.82) is 0 Å². The minimum absolute atomic E-state index is 1.09. The van der Waals surface area contributed by atoms with Gasteiger partial charge in [-0.15, -0.1) is 0 Å². The van der Waals surface area contributed by atoms with Crippen LogP contribution in [0.2, 0.25) is 0 Å². The summed E-state index contributed by atoms with van der Waals surface area (Å²) >= 11 is 0. The van der Waals surface area contributed by atoms with Gasteiger partial charge in [-0.3, -0.25) is 0 Å². The minimum atomic E-state index is 1.09. The highest BCUT2D eigenvalue weighted by Gasteiger charge is 2.21. The van der Waals surface area contributed by atoms with Gasteiger partial charge in [-0.1, -0.05) is 194 Å². The second-order valence-electron chi connectivity index (χ2n) is 15.3. The minimum Gasteiger partial charge on any atom is -0.310 e. The molecule has 0 spiro atoms. The van der Waals surface area contributed by atoms with E-state index < -0.39 is 0 Å². The Labute approximate surface area is 350 Å². The first kappa shape index (κ1) is 35.2. The van der Waals surface area contributed by atoms with Crippen LogP contribution in [0.5, 0.6) is 0 Å². The molecule has 0 radical (unpaired) electrons. The molecule has 60 heavy (non-hydrogen) atoms. The Morgan fingerprint density at radius 2 is 0.733 bits per heavy atom. The molecule has 0 saturated heterocycles. The highest BCUT2D eigenvalue weighted by atomic mass is 15.1. The van der Waals surface area contributed by atoms with E-state index in [2.05, 4.69) is 252 Å². The van der Waals surface area contributed by atoms with Crippen molar-refractivity contribution in [3.63, 3.8) is 0 Å². The number of nitrogens with zero attached hydrogens (tertiary/aromatic N) is 2. The molecule has 0 unspecified atom stereocenters. The molecule has 0 amide bonds. The molecule has 0 aliphatic carbocycles. The number of hydrogen-bond acceptors (Lipinski definition) is 1. The predicted molar refractivity (Wildman–Crippen MR) is 255 cm³/mol. The molecule has 0 aliphatic rings.